The fourth-order valence-corrected chi connectivity index (χ4v) is 4.46. The maximum absolute atomic E-state index is 12.5. The van der Waals surface area contributed by atoms with Gasteiger partial charge < -0.3 is 4.90 Å². The van der Waals surface area contributed by atoms with Crippen molar-refractivity contribution < 1.29 is 13.2 Å². The van der Waals surface area contributed by atoms with Gasteiger partial charge in [-0.2, -0.15) is 5.10 Å². The van der Waals surface area contributed by atoms with Gasteiger partial charge in [0, 0.05) is 24.7 Å². The smallest absolute Gasteiger partial charge is 0.244 e. The second-order valence-electron chi connectivity index (χ2n) is 5.63. The van der Waals surface area contributed by atoms with Gasteiger partial charge >= 0.3 is 0 Å². The highest BCUT2D eigenvalue weighted by atomic mass is 32.2. The monoisotopic (exact) mass is 334 g/mol. The molecule has 3 rings (SSSR count). The zero-order valence-electron chi connectivity index (χ0n) is 12.9. The minimum Gasteiger partial charge on any atom is -0.311 e. The number of hydrogen-bond acceptors (Lipinski definition) is 4. The number of hydrogen-bond donors (Lipinski definition) is 2. The lowest BCUT2D eigenvalue weighted by molar-refractivity contribution is -0.117. The second kappa shape index (κ2) is 5.78. The molecule has 2 N–H and O–H groups in total. The Bertz CT molecular complexity index is 810. The van der Waals surface area contributed by atoms with Crippen LogP contribution in [0.5, 0.6) is 0 Å². The lowest BCUT2D eigenvalue weighted by Crippen LogP contribution is -2.37. The summed E-state index contributed by atoms with van der Waals surface area (Å²) in [6.07, 6.45) is 0.143. The van der Waals surface area contributed by atoms with E-state index in [-0.39, 0.29) is 17.2 Å². The van der Waals surface area contributed by atoms with Crippen LogP contribution in [0.2, 0.25) is 0 Å². The summed E-state index contributed by atoms with van der Waals surface area (Å²) in [4.78, 5) is 13.9. The molecule has 1 aromatic heterocycles. The van der Waals surface area contributed by atoms with Gasteiger partial charge in [-0.15, -0.1) is 0 Å². The molecule has 1 aliphatic rings. The van der Waals surface area contributed by atoms with Gasteiger partial charge in [0.25, 0.3) is 0 Å². The van der Waals surface area contributed by atoms with E-state index >= 15 is 0 Å². The molecular weight excluding hydrogens is 316 g/mol. The number of aromatic amines is 1. The van der Waals surface area contributed by atoms with Crippen molar-refractivity contribution in [2.45, 2.75) is 31.2 Å². The number of H-pyrrole nitrogens is 1. The topological polar surface area (TPSA) is 95.2 Å². The third kappa shape index (κ3) is 2.99. The van der Waals surface area contributed by atoms with Gasteiger partial charge in [0.2, 0.25) is 15.9 Å². The number of para-hydroxylation sites is 1. The fourth-order valence-electron chi connectivity index (χ4n) is 2.86. The van der Waals surface area contributed by atoms with Crippen molar-refractivity contribution in [2.75, 3.05) is 11.4 Å². The van der Waals surface area contributed by atoms with Crippen molar-refractivity contribution in [3.05, 3.63) is 41.7 Å². The van der Waals surface area contributed by atoms with E-state index in [4.69, 9.17) is 0 Å². The summed E-state index contributed by atoms with van der Waals surface area (Å²) in [6, 6.07) is 8.77. The first-order chi connectivity index (χ1) is 10.9. The second-order valence-corrected chi connectivity index (χ2v) is 7.28. The molecule has 122 valence electrons. The maximum Gasteiger partial charge on any atom is 0.244 e. The molecule has 0 bridgehead atoms. The number of carbonyl (C=O) groups excluding carboxylic acids is 1. The maximum atomic E-state index is 12.5. The minimum atomic E-state index is -3.71. The predicted octanol–water partition coefficient (Wildman–Crippen LogP) is 1.11. The number of aryl methyl sites for hydroxylation is 2. The van der Waals surface area contributed by atoms with E-state index in [9.17, 15) is 13.2 Å². The van der Waals surface area contributed by atoms with E-state index < -0.39 is 16.1 Å². The Kier molecular flexibility index (Phi) is 3.95. The number of amides is 1. The Morgan fingerprint density at radius 2 is 1.96 bits per heavy atom. The molecule has 0 radical (unpaired) electrons. The molecule has 0 spiro atoms. The van der Waals surface area contributed by atoms with Crippen molar-refractivity contribution >= 4 is 21.6 Å². The Balaban J connectivity index is 1.79. The number of sulfonamides is 1. The van der Waals surface area contributed by atoms with E-state index in [2.05, 4.69) is 14.9 Å². The van der Waals surface area contributed by atoms with Crippen molar-refractivity contribution in [3.63, 3.8) is 0 Å². The van der Waals surface area contributed by atoms with Gasteiger partial charge in [0.05, 0.1) is 11.4 Å². The molecule has 1 saturated heterocycles. The number of carbonyl (C=O) groups is 1. The molecule has 23 heavy (non-hydrogen) atoms. The van der Waals surface area contributed by atoms with Crippen LogP contribution < -0.4 is 9.62 Å². The van der Waals surface area contributed by atoms with Gasteiger partial charge in [-0.25, -0.2) is 13.1 Å². The van der Waals surface area contributed by atoms with Crippen LogP contribution in [-0.2, 0) is 14.8 Å². The molecule has 8 heteroatoms. The number of aromatic nitrogens is 2. The average molecular weight is 334 g/mol. The summed E-state index contributed by atoms with van der Waals surface area (Å²) in [5.74, 6) is -0.0930. The van der Waals surface area contributed by atoms with Crippen LogP contribution >= 0.6 is 0 Å². The lowest BCUT2D eigenvalue weighted by Gasteiger charge is -2.17. The van der Waals surface area contributed by atoms with Crippen LogP contribution in [0.15, 0.2) is 35.2 Å². The van der Waals surface area contributed by atoms with E-state index in [0.717, 1.165) is 5.69 Å². The first kappa shape index (κ1) is 15.7. The quantitative estimate of drug-likeness (QED) is 0.875. The summed E-state index contributed by atoms with van der Waals surface area (Å²) in [6.45, 7) is 3.61. The molecule has 7 nitrogen and oxygen atoms in total. The van der Waals surface area contributed by atoms with Gasteiger partial charge in [0.15, 0.2) is 0 Å². The van der Waals surface area contributed by atoms with Crippen molar-refractivity contribution in [1.29, 1.82) is 0 Å². The molecule has 1 amide bonds. The standard InChI is InChI=1S/C15H18N4O3S/c1-10-15(11(2)17-16-10)23(21,22)18-12-8-14(20)19(9-12)13-6-4-3-5-7-13/h3-7,12,18H,8-9H2,1-2H3,(H,16,17). The van der Waals surface area contributed by atoms with Gasteiger partial charge in [-0.1, -0.05) is 18.2 Å². The largest absolute Gasteiger partial charge is 0.311 e. The lowest BCUT2D eigenvalue weighted by atomic mass is 10.3. The van der Waals surface area contributed by atoms with Crippen molar-refractivity contribution in [1.82, 2.24) is 14.9 Å². The van der Waals surface area contributed by atoms with E-state index in [1.807, 2.05) is 30.3 Å². The first-order valence-electron chi connectivity index (χ1n) is 7.28. The Morgan fingerprint density at radius 3 is 2.57 bits per heavy atom. The summed E-state index contributed by atoms with van der Waals surface area (Å²) < 4.78 is 27.7. The highest BCUT2D eigenvalue weighted by molar-refractivity contribution is 7.89. The summed E-state index contributed by atoms with van der Waals surface area (Å²) >= 11 is 0. The number of rotatable bonds is 4. The molecule has 0 saturated carbocycles. The number of benzene rings is 1. The average Bonchev–Trinajstić information content (AvgIpc) is 3.02. The molecule has 1 aliphatic heterocycles. The SMILES string of the molecule is Cc1n[nH]c(C)c1S(=O)(=O)NC1CC(=O)N(c2ccccc2)C1. The van der Waals surface area contributed by atoms with Crippen LogP contribution in [0.3, 0.4) is 0 Å². The number of nitrogens with zero attached hydrogens (tertiary/aromatic N) is 2. The molecule has 1 unspecified atom stereocenters. The molecule has 0 aliphatic carbocycles. The van der Waals surface area contributed by atoms with E-state index in [0.29, 0.717) is 17.9 Å². The van der Waals surface area contributed by atoms with Gasteiger partial charge in [0.1, 0.15) is 4.90 Å². The zero-order chi connectivity index (χ0) is 16.6. The predicted molar refractivity (Wildman–Crippen MR) is 85.6 cm³/mol. The summed E-state index contributed by atoms with van der Waals surface area (Å²) in [5, 5.41) is 6.58. The van der Waals surface area contributed by atoms with Gasteiger partial charge in [-0.3, -0.25) is 9.89 Å². The molecule has 1 atom stereocenters. The van der Waals surface area contributed by atoms with E-state index in [1.165, 1.54) is 0 Å². The molecule has 1 fully saturated rings. The fraction of sp³-hybridized carbons (Fsp3) is 0.333. The van der Waals surface area contributed by atoms with Crippen molar-refractivity contribution in [2.24, 2.45) is 0 Å². The zero-order valence-corrected chi connectivity index (χ0v) is 13.7. The Morgan fingerprint density at radius 1 is 1.26 bits per heavy atom. The van der Waals surface area contributed by atoms with E-state index in [1.54, 1.807) is 18.7 Å². The van der Waals surface area contributed by atoms with Crippen LogP contribution in [0, 0.1) is 13.8 Å². The van der Waals surface area contributed by atoms with Crippen LogP contribution in [0.1, 0.15) is 17.8 Å². The first-order valence-corrected chi connectivity index (χ1v) is 8.76. The molecule has 2 aromatic rings. The molecular formula is C15H18N4O3S. The highest BCUT2D eigenvalue weighted by Crippen LogP contribution is 2.23. The normalized spacial score (nSPS) is 18.6. The van der Waals surface area contributed by atoms with Crippen LogP contribution in [-0.4, -0.2) is 37.1 Å². The third-order valence-electron chi connectivity index (χ3n) is 3.84. The Labute approximate surface area is 134 Å². The third-order valence-corrected chi connectivity index (χ3v) is 5.63. The van der Waals surface area contributed by atoms with Gasteiger partial charge in [-0.05, 0) is 26.0 Å². The minimum absolute atomic E-state index is 0.0930. The summed E-state index contributed by atoms with van der Waals surface area (Å²) in [5.41, 5.74) is 1.67. The number of nitrogens with one attached hydrogen (secondary N) is 2. The Hall–Kier alpha value is -2.19. The van der Waals surface area contributed by atoms with Crippen molar-refractivity contribution in [3.8, 4) is 0 Å². The van der Waals surface area contributed by atoms with Crippen LogP contribution in [0.25, 0.3) is 0 Å². The van der Waals surface area contributed by atoms with Crippen LogP contribution in [0.4, 0.5) is 5.69 Å². The molecule has 1 aromatic carbocycles. The highest BCUT2D eigenvalue weighted by Gasteiger charge is 2.34. The number of anilines is 1. The molecule has 2 heterocycles. The summed E-state index contributed by atoms with van der Waals surface area (Å²) in [7, 11) is -3.71.